The van der Waals surface area contributed by atoms with Crippen molar-refractivity contribution in [1.29, 1.82) is 0 Å². The van der Waals surface area contributed by atoms with Crippen molar-refractivity contribution in [3.05, 3.63) is 48.2 Å². The Balaban J connectivity index is 1.66. The Morgan fingerprint density at radius 1 is 1.28 bits per heavy atom. The van der Waals surface area contributed by atoms with Crippen molar-refractivity contribution >= 4 is 22.9 Å². The van der Waals surface area contributed by atoms with Crippen LogP contribution in [0.2, 0.25) is 0 Å². The smallest absolute Gasteiger partial charge is 0.331 e. The molecule has 1 fully saturated rings. The van der Waals surface area contributed by atoms with Crippen LogP contribution < -0.4 is 0 Å². The van der Waals surface area contributed by atoms with Crippen LogP contribution in [0.4, 0.5) is 0 Å². The van der Waals surface area contributed by atoms with Gasteiger partial charge in [-0.15, -0.1) is 0 Å². The number of pyridine rings is 1. The second kappa shape index (κ2) is 7.81. The van der Waals surface area contributed by atoms with Crippen molar-refractivity contribution < 1.29 is 9.53 Å². The monoisotopic (exact) mass is 337 g/mol. The van der Waals surface area contributed by atoms with Crippen LogP contribution in [0.15, 0.2) is 42.6 Å². The second-order valence-electron chi connectivity index (χ2n) is 7.59. The van der Waals surface area contributed by atoms with E-state index < -0.39 is 0 Å². The van der Waals surface area contributed by atoms with Gasteiger partial charge in [-0.05, 0) is 60.4 Å². The maximum absolute atomic E-state index is 12.3. The van der Waals surface area contributed by atoms with E-state index in [1.165, 1.54) is 6.42 Å². The SMILES string of the molecule is CC(C)[C@@H]1CC[C@@H](C)C[C@H]1OC(=O)/C=C/c1ccc2ncccc2c1. The van der Waals surface area contributed by atoms with Crippen molar-refractivity contribution in [2.24, 2.45) is 17.8 Å². The molecule has 0 bridgehead atoms. The van der Waals surface area contributed by atoms with Gasteiger partial charge < -0.3 is 4.74 Å². The molecule has 3 atom stereocenters. The Bertz CT molecular complexity index is 765. The van der Waals surface area contributed by atoms with Gasteiger partial charge in [-0.2, -0.15) is 0 Å². The summed E-state index contributed by atoms with van der Waals surface area (Å²) in [6.45, 7) is 6.69. The zero-order valence-electron chi connectivity index (χ0n) is 15.3. The fourth-order valence-electron chi connectivity index (χ4n) is 3.80. The second-order valence-corrected chi connectivity index (χ2v) is 7.59. The van der Waals surface area contributed by atoms with E-state index in [2.05, 4.69) is 25.8 Å². The van der Waals surface area contributed by atoms with Crippen LogP contribution in [-0.2, 0) is 9.53 Å². The lowest BCUT2D eigenvalue weighted by Crippen LogP contribution is -2.35. The molecule has 1 saturated carbocycles. The van der Waals surface area contributed by atoms with E-state index in [4.69, 9.17) is 4.74 Å². The van der Waals surface area contributed by atoms with Crippen molar-refractivity contribution in [2.45, 2.75) is 46.1 Å². The third-order valence-electron chi connectivity index (χ3n) is 5.27. The van der Waals surface area contributed by atoms with Gasteiger partial charge in [-0.3, -0.25) is 4.98 Å². The van der Waals surface area contributed by atoms with Gasteiger partial charge in [0, 0.05) is 17.7 Å². The minimum Gasteiger partial charge on any atom is -0.459 e. The molecular formula is C22H27NO2. The molecule has 132 valence electrons. The molecule has 3 rings (SSSR count). The average Bonchev–Trinajstić information content (AvgIpc) is 2.59. The first-order chi connectivity index (χ1) is 12.0. The van der Waals surface area contributed by atoms with Crippen LogP contribution in [0.25, 0.3) is 17.0 Å². The summed E-state index contributed by atoms with van der Waals surface area (Å²) in [4.78, 5) is 16.6. The molecule has 2 aromatic rings. The summed E-state index contributed by atoms with van der Waals surface area (Å²) in [5.41, 5.74) is 1.94. The number of rotatable bonds is 4. The fraction of sp³-hybridized carbons (Fsp3) is 0.455. The molecule has 0 aliphatic heterocycles. The highest BCUT2D eigenvalue weighted by Gasteiger charge is 2.32. The first kappa shape index (κ1) is 17.7. The van der Waals surface area contributed by atoms with Crippen molar-refractivity contribution in [1.82, 2.24) is 4.98 Å². The van der Waals surface area contributed by atoms with E-state index in [9.17, 15) is 4.79 Å². The zero-order valence-corrected chi connectivity index (χ0v) is 15.3. The van der Waals surface area contributed by atoms with Crippen molar-refractivity contribution in [3.8, 4) is 0 Å². The molecule has 1 heterocycles. The fourth-order valence-corrected chi connectivity index (χ4v) is 3.80. The minimum absolute atomic E-state index is 0.0432. The Morgan fingerprint density at radius 3 is 2.92 bits per heavy atom. The number of nitrogens with zero attached hydrogens (tertiary/aromatic N) is 1. The van der Waals surface area contributed by atoms with E-state index in [-0.39, 0.29) is 12.1 Å². The molecule has 0 N–H and O–H groups in total. The largest absolute Gasteiger partial charge is 0.459 e. The first-order valence-electron chi connectivity index (χ1n) is 9.26. The lowest BCUT2D eigenvalue weighted by molar-refractivity contribution is -0.149. The molecule has 25 heavy (non-hydrogen) atoms. The molecule has 3 nitrogen and oxygen atoms in total. The summed E-state index contributed by atoms with van der Waals surface area (Å²) in [7, 11) is 0. The number of aromatic nitrogens is 1. The molecule has 0 spiro atoms. The topological polar surface area (TPSA) is 39.2 Å². The molecule has 1 aliphatic carbocycles. The summed E-state index contributed by atoms with van der Waals surface area (Å²) >= 11 is 0. The van der Waals surface area contributed by atoms with Crippen LogP contribution in [0.5, 0.6) is 0 Å². The van der Waals surface area contributed by atoms with E-state index in [1.54, 1.807) is 12.3 Å². The average molecular weight is 337 g/mol. The Hall–Kier alpha value is -2.16. The standard InChI is InChI=1S/C22H27NO2/c1-15(2)19-9-6-16(3)13-21(19)25-22(24)11-8-17-7-10-20-18(14-17)5-4-12-23-20/h4-5,7-8,10-12,14-16,19,21H,6,9,13H2,1-3H3/b11-8+/t16-,19+,21-/m1/s1. The van der Waals surface area contributed by atoms with E-state index in [0.29, 0.717) is 17.8 Å². The lowest BCUT2D eigenvalue weighted by Gasteiger charge is -2.36. The number of fused-ring (bicyclic) bond motifs is 1. The molecule has 1 aromatic heterocycles. The molecule has 1 aromatic carbocycles. The zero-order chi connectivity index (χ0) is 17.8. The number of hydrogen-bond acceptors (Lipinski definition) is 3. The van der Waals surface area contributed by atoms with Crippen molar-refractivity contribution in [2.75, 3.05) is 0 Å². The van der Waals surface area contributed by atoms with Crippen molar-refractivity contribution in [3.63, 3.8) is 0 Å². The molecule has 1 aliphatic rings. The highest BCUT2D eigenvalue weighted by molar-refractivity contribution is 5.88. The van der Waals surface area contributed by atoms with Gasteiger partial charge in [0.15, 0.2) is 0 Å². The molecule has 0 amide bonds. The summed E-state index contributed by atoms with van der Waals surface area (Å²) in [5, 5.41) is 1.07. The number of carbonyl (C=O) groups is 1. The first-order valence-corrected chi connectivity index (χ1v) is 9.26. The summed E-state index contributed by atoms with van der Waals surface area (Å²) in [6.07, 6.45) is 8.56. The van der Waals surface area contributed by atoms with Gasteiger partial charge in [-0.25, -0.2) is 4.79 Å². The summed E-state index contributed by atoms with van der Waals surface area (Å²) < 4.78 is 5.81. The third kappa shape index (κ3) is 4.47. The minimum atomic E-state index is -0.240. The van der Waals surface area contributed by atoms with Crippen LogP contribution in [0, 0.1) is 17.8 Å². The predicted octanol–water partition coefficient (Wildman–Crippen LogP) is 5.25. The maximum Gasteiger partial charge on any atom is 0.331 e. The van der Waals surface area contributed by atoms with Gasteiger partial charge in [0.2, 0.25) is 0 Å². The van der Waals surface area contributed by atoms with Gasteiger partial charge >= 0.3 is 5.97 Å². The molecular weight excluding hydrogens is 310 g/mol. The highest BCUT2D eigenvalue weighted by atomic mass is 16.5. The van der Waals surface area contributed by atoms with E-state index >= 15 is 0 Å². The van der Waals surface area contributed by atoms with E-state index in [0.717, 1.165) is 29.3 Å². The maximum atomic E-state index is 12.3. The van der Waals surface area contributed by atoms with Crippen LogP contribution >= 0.6 is 0 Å². The third-order valence-corrected chi connectivity index (χ3v) is 5.27. The molecule has 0 radical (unpaired) electrons. The molecule has 0 saturated heterocycles. The van der Waals surface area contributed by atoms with Gasteiger partial charge in [0.1, 0.15) is 6.10 Å². The Labute approximate surface area is 150 Å². The quantitative estimate of drug-likeness (QED) is 0.565. The van der Waals surface area contributed by atoms with Crippen LogP contribution in [0.3, 0.4) is 0 Å². The summed E-state index contributed by atoms with van der Waals surface area (Å²) in [6, 6.07) is 9.91. The van der Waals surface area contributed by atoms with Gasteiger partial charge in [-0.1, -0.05) is 39.3 Å². The predicted molar refractivity (Wildman–Crippen MR) is 102 cm³/mol. The number of esters is 1. The number of benzene rings is 1. The van der Waals surface area contributed by atoms with Gasteiger partial charge in [0.25, 0.3) is 0 Å². The number of hydrogen-bond donors (Lipinski definition) is 0. The summed E-state index contributed by atoms with van der Waals surface area (Å²) in [5.74, 6) is 1.41. The molecule has 0 unspecified atom stereocenters. The lowest BCUT2D eigenvalue weighted by atomic mass is 9.75. The van der Waals surface area contributed by atoms with Gasteiger partial charge in [0.05, 0.1) is 5.52 Å². The number of carbonyl (C=O) groups excluding carboxylic acids is 1. The van der Waals surface area contributed by atoms with Crippen LogP contribution in [-0.4, -0.2) is 17.1 Å². The van der Waals surface area contributed by atoms with Crippen LogP contribution in [0.1, 0.15) is 45.6 Å². The molecule has 3 heteroatoms. The highest BCUT2D eigenvalue weighted by Crippen LogP contribution is 2.35. The Morgan fingerprint density at radius 2 is 2.12 bits per heavy atom. The normalized spacial score (nSPS) is 24.1. The van der Waals surface area contributed by atoms with E-state index in [1.807, 2.05) is 36.4 Å². The Kier molecular flexibility index (Phi) is 5.52. The number of ether oxygens (including phenoxy) is 1.